The molecule has 0 heterocycles. The van der Waals surface area contributed by atoms with Crippen molar-refractivity contribution in [1.82, 2.24) is 10.6 Å². The van der Waals surface area contributed by atoms with Gasteiger partial charge in [-0.1, -0.05) is 6.07 Å². The van der Waals surface area contributed by atoms with Gasteiger partial charge in [-0.05, 0) is 17.7 Å². The minimum Gasteiger partial charge on any atom is -0.350 e. The molecule has 1 aromatic rings. The Morgan fingerprint density at radius 2 is 1.91 bits per heavy atom. The molecule has 0 aliphatic rings. The molecule has 0 saturated carbocycles. The number of carbonyl (C=O) groups is 2. The highest BCUT2D eigenvalue weighted by Gasteiger charge is 2.27. The van der Waals surface area contributed by atoms with Crippen LogP contribution in [0.3, 0.4) is 0 Å². The van der Waals surface area contributed by atoms with Crippen LogP contribution in [0.2, 0.25) is 0 Å². The number of hydrogen-bond donors (Lipinski definition) is 2. The summed E-state index contributed by atoms with van der Waals surface area (Å²) in [6, 6.07) is 1.69. The quantitative estimate of drug-likeness (QED) is 0.745. The summed E-state index contributed by atoms with van der Waals surface area (Å²) in [5.41, 5.74) is 0.264. The van der Waals surface area contributed by atoms with Crippen LogP contribution in [-0.2, 0) is 20.9 Å². The third-order valence-electron chi connectivity index (χ3n) is 2.65. The van der Waals surface area contributed by atoms with Crippen molar-refractivity contribution in [2.75, 3.05) is 6.61 Å². The molecule has 0 radical (unpaired) electrons. The Morgan fingerprint density at radius 3 is 2.43 bits per heavy atom. The third-order valence-corrected chi connectivity index (χ3v) is 2.65. The van der Waals surface area contributed by atoms with Gasteiger partial charge in [0.2, 0.25) is 11.8 Å². The van der Waals surface area contributed by atoms with Gasteiger partial charge in [0.15, 0.2) is 11.6 Å². The zero-order chi connectivity index (χ0) is 17.6. The van der Waals surface area contributed by atoms with Gasteiger partial charge in [0.25, 0.3) is 0 Å². The van der Waals surface area contributed by atoms with Crippen molar-refractivity contribution in [3.63, 3.8) is 0 Å². The molecule has 2 amide bonds. The molecule has 0 saturated heterocycles. The average Bonchev–Trinajstić information content (AvgIpc) is 2.43. The standard InChI is InChI=1S/C14H16F4N2O3/c1-8(21)20-12(7-23-14(2,17)18)13(22)19-6-9-3-4-10(15)11(16)5-9/h3-5,12H,6-7H2,1-2H3,(H,19,22)(H,20,21). The van der Waals surface area contributed by atoms with Crippen molar-refractivity contribution in [2.45, 2.75) is 32.5 Å². The van der Waals surface area contributed by atoms with Gasteiger partial charge in [-0.15, -0.1) is 0 Å². The predicted molar refractivity (Wildman–Crippen MR) is 72.4 cm³/mol. The molecule has 2 N–H and O–H groups in total. The maximum atomic E-state index is 13.0. The van der Waals surface area contributed by atoms with E-state index in [1.54, 1.807) is 0 Å². The Bertz CT molecular complexity index is 576. The Balaban J connectivity index is 2.64. The minimum absolute atomic E-state index is 0.172. The third kappa shape index (κ3) is 7.09. The fourth-order valence-corrected chi connectivity index (χ4v) is 1.62. The molecule has 0 aromatic heterocycles. The second-order valence-corrected chi connectivity index (χ2v) is 4.84. The number of ether oxygens (including phenoxy) is 1. The van der Waals surface area contributed by atoms with Crippen LogP contribution < -0.4 is 10.6 Å². The molecule has 1 rings (SSSR count). The first-order valence-corrected chi connectivity index (χ1v) is 6.59. The van der Waals surface area contributed by atoms with E-state index in [2.05, 4.69) is 15.4 Å². The Labute approximate surface area is 130 Å². The summed E-state index contributed by atoms with van der Waals surface area (Å²) in [6.07, 6.45) is -3.46. The van der Waals surface area contributed by atoms with Crippen LogP contribution in [0.4, 0.5) is 17.6 Å². The van der Waals surface area contributed by atoms with Crippen LogP contribution in [0.5, 0.6) is 0 Å². The summed E-state index contributed by atoms with van der Waals surface area (Å²) >= 11 is 0. The number of alkyl halides is 2. The zero-order valence-corrected chi connectivity index (χ0v) is 12.5. The van der Waals surface area contributed by atoms with Crippen molar-refractivity contribution < 1.29 is 31.9 Å². The summed E-state index contributed by atoms with van der Waals surface area (Å²) in [4.78, 5) is 22.9. The summed E-state index contributed by atoms with van der Waals surface area (Å²) in [5.74, 6) is -3.52. The second-order valence-electron chi connectivity index (χ2n) is 4.84. The summed E-state index contributed by atoms with van der Waals surface area (Å²) < 4.78 is 55.3. The normalized spacial score (nSPS) is 12.6. The lowest BCUT2D eigenvalue weighted by Crippen LogP contribution is -2.49. The second kappa shape index (κ2) is 7.91. The lowest BCUT2D eigenvalue weighted by molar-refractivity contribution is -0.226. The van der Waals surface area contributed by atoms with Crippen LogP contribution >= 0.6 is 0 Å². The van der Waals surface area contributed by atoms with E-state index in [1.165, 1.54) is 6.07 Å². The van der Waals surface area contributed by atoms with Gasteiger partial charge in [-0.2, -0.15) is 8.78 Å². The number of benzene rings is 1. The van der Waals surface area contributed by atoms with Gasteiger partial charge in [-0.3, -0.25) is 9.59 Å². The number of hydrogen-bond acceptors (Lipinski definition) is 3. The van der Waals surface area contributed by atoms with E-state index in [0.29, 0.717) is 6.92 Å². The Hall–Kier alpha value is -2.16. The molecular formula is C14H16F4N2O3. The van der Waals surface area contributed by atoms with Crippen molar-refractivity contribution in [3.8, 4) is 0 Å². The first-order chi connectivity index (χ1) is 10.6. The number of carbonyl (C=O) groups excluding carboxylic acids is 2. The summed E-state index contributed by atoms with van der Waals surface area (Å²) in [6.45, 7) is 0.693. The van der Waals surface area contributed by atoms with Crippen LogP contribution in [0.1, 0.15) is 19.4 Å². The first-order valence-electron chi connectivity index (χ1n) is 6.59. The van der Waals surface area contributed by atoms with E-state index in [-0.39, 0.29) is 12.1 Å². The highest BCUT2D eigenvalue weighted by molar-refractivity contribution is 5.86. The number of rotatable bonds is 7. The van der Waals surface area contributed by atoms with Crippen LogP contribution in [0.25, 0.3) is 0 Å². The van der Waals surface area contributed by atoms with E-state index >= 15 is 0 Å². The Kier molecular flexibility index (Phi) is 6.49. The first kappa shape index (κ1) is 18.9. The molecule has 9 heteroatoms. The van der Waals surface area contributed by atoms with E-state index < -0.39 is 42.2 Å². The van der Waals surface area contributed by atoms with Gasteiger partial charge < -0.3 is 15.4 Å². The highest BCUT2D eigenvalue weighted by Crippen LogP contribution is 2.13. The van der Waals surface area contributed by atoms with E-state index in [0.717, 1.165) is 19.1 Å². The number of nitrogens with one attached hydrogen (secondary N) is 2. The molecule has 0 bridgehead atoms. The van der Waals surface area contributed by atoms with Crippen molar-refractivity contribution in [2.24, 2.45) is 0 Å². The van der Waals surface area contributed by atoms with E-state index in [9.17, 15) is 27.2 Å². The van der Waals surface area contributed by atoms with Crippen molar-refractivity contribution in [1.29, 1.82) is 0 Å². The molecule has 0 aliphatic heterocycles. The number of amides is 2. The van der Waals surface area contributed by atoms with Crippen molar-refractivity contribution in [3.05, 3.63) is 35.4 Å². The van der Waals surface area contributed by atoms with Gasteiger partial charge in [0, 0.05) is 20.4 Å². The highest BCUT2D eigenvalue weighted by atomic mass is 19.3. The molecule has 1 atom stereocenters. The molecule has 23 heavy (non-hydrogen) atoms. The minimum atomic E-state index is -3.46. The number of halogens is 4. The van der Waals surface area contributed by atoms with Gasteiger partial charge in [0.1, 0.15) is 6.04 Å². The molecule has 0 spiro atoms. The van der Waals surface area contributed by atoms with Gasteiger partial charge >= 0.3 is 6.11 Å². The summed E-state index contributed by atoms with van der Waals surface area (Å²) in [7, 11) is 0. The zero-order valence-electron chi connectivity index (χ0n) is 12.5. The van der Waals surface area contributed by atoms with Crippen LogP contribution in [0.15, 0.2) is 18.2 Å². The van der Waals surface area contributed by atoms with Crippen molar-refractivity contribution >= 4 is 11.8 Å². The fourth-order valence-electron chi connectivity index (χ4n) is 1.62. The smallest absolute Gasteiger partial charge is 0.350 e. The predicted octanol–water partition coefficient (Wildman–Crippen LogP) is 1.71. The maximum Gasteiger partial charge on any atom is 0.353 e. The van der Waals surface area contributed by atoms with E-state index in [1.807, 2.05) is 0 Å². The lowest BCUT2D eigenvalue weighted by Gasteiger charge is -2.20. The van der Waals surface area contributed by atoms with Crippen LogP contribution in [-0.4, -0.2) is 30.6 Å². The Morgan fingerprint density at radius 1 is 1.26 bits per heavy atom. The maximum absolute atomic E-state index is 13.0. The fraction of sp³-hybridized carbons (Fsp3) is 0.429. The summed E-state index contributed by atoms with van der Waals surface area (Å²) in [5, 5.41) is 4.49. The monoisotopic (exact) mass is 336 g/mol. The molecular weight excluding hydrogens is 320 g/mol. The molecule has 0 fully saturated rings. The topological polar surface area (TPSA) is 67.4 Å². The average molecular weight is 336 g/mol. The van der Waals surface area contributed by atoms with E-state index in [4.69, 9.17) is 0 Å². The molecule has 128 valence electrons. The molecule has 0 aliphatic carbocycles. The molecule has 1 aromatic carbocycles. The lowest BCUT2D eigenvalue weighted by atomic mass is 10.2. The molecule has 5 nitrogen and oxygen atoms in total. The van der Waals surface area contributed by atoms with Crippen LogP contribution in [0, 0.1) is 11.6 Å². The SMILES string of the molecule is CC(=O)NC(COC(C)(F)F)C(=O)NCc1ccc(F)c(F)c1. The largest absolute Gasteiger partial charge is 0.353 e. The van der Waals surface area contributed by atoms with Gasteiger partial charge in [-0.25, -0.2) is 8.78 Å². The van der Waals surface area contributed by atoms with Gasteiger partial charge in [0.05, 0.1) is 6.61 Å². The molecule has 1 unspecified atom stereocenters.